The van der Waals surface area contributed by atoms with Gasteiger partial charge in [-0.2, -0.15) is 10.4 Å². The Balaban J connectivity index is 1.60. The van der Waals surface area contributed by atoms with E-state index in [2.05, 4.69) is 16.2 Å². The maximum atomic E-state index is 12.7. The Morgan fingerprint density at radius 3 is 2.50 bits per heavy atom. The minimum Gasteiger partial charge on any atom is -0.342 e. The van der Waals surface area contributed by atoms with Crippen LogP contribution in [0.2, 0.25) is 0 Å². The van der Waals surface area contributed by atoms with E-state index in [0.29, 0.717) is 23.0 Å². The molecule has 7 heteroatoms. The molecule has 2 heterocycles. The molecule has 0 atom stereocenters. The second-order valence-corrected chi connectivity index (χ2v) is 7.34. The van der Waals surface area contributed by atoms with Gasteiger partial charge in [-0.15, -0.1) is 4.68 Å². The molecule has 32 heavy (non-hydrogen) atoms. The first-order valence-electron chi connectivity index (χ1n) is 10.00. The van der Waals surface area contributed by atoms with Gasteiger partial charge in [0.1, 0.15) is 0 Å². The largest absolute Gasteiger partial charge is 0.349 e. The molecular weight excluding hydrogens is 402 g/mol. The summed E-state index contributed by atoms with van der Waals surface area (Å²) in [5, 5.41) is 14.9. The summed E-state index contributed by atoms with van der Waals surface area (Å²) in [5.41, 5.74) is 2.64. The fraction of sp³-hybridized carbons (Fsp3) is 0.0400. The average Bonchev–Trinajstić information content (AvgIpc) is 3.17. The molecule has 0 saturated heterocycles. The highest BCUT2D eigenvalue weighted by atomic mass is 16.2. The topological polar surface area (TPSA) is 95.9 Å². The quantitative estimate of drug-likeness (QED) is 0.452. The van der Waals surface area contributed by atoms with E-state index in [9.17, 15) is 14.9 Å². The third-order valence-electron chi connectivity index (χ3n) is 5.39. The Hall–Kier alpha value is -4.70. The zero-order valence-electron chi connectivity index (χ0n) is 16.9. The van der Waals surface area contributed by atoms with Crippen LogP contribution >= 0.6 is 0 Å². The lowest BCUT2D eigenvalue weighted by Crippen LogP contribution is -2.32. The Bertz CT molecular complexity index is 1660. The van der Waals surface area contributed by atoms with Crippen LogP contribution in [-0.4, -0.2) is 20.4 Å². The Morgan fingerprint density at radius 2 is 1.66 bits per heavy atom. The van der Waals surface area contributed by atoms with Crippen LogP contribution in [0.25, 0.3) is 21.8 Å². The summed E-state index contributed by atoms with van der Waals surface area (Å²) in [5.74, 6) is 0. The van der Waals surface area contributed by atoms with Crippen molar-refractivity contribution in [3.8, 4) is 6.07 Å². The van der Waals surface area contributed by atoms with Crippen LogP contribution in [0.4, 0.5) is 0 Å². The van der Waals surface area contributed by atoms with Crippen LogP contribution in [0.5, 0.6) is 0 Å². The van der Waals surface area contributed by atoms with Crippen molar-refractivity contribution in [3.05, 3.63) is 117 Å². The SMILES string of the molecule is N#Cc1ccccc1Cn1cc(C=Nn2c(=O)[nH]c3ccccc3c2=O)c2ccccc21. The van der Waals surface area contributed by atoms with Gasteiger partial charge in [-0.25, -0.2) is 4.79 Å². The number of hydrogen-bond acceptors (Lipinski definition) is 4. The van der Waals surface area contributed by atoms with E-state index in [4.69, 9.17) is 0 Å². The molecule has 0 saturated carbocycles. The molecule has 2 aromatic heterocycles. The van der Waals surface area contributed by atoms with Crippen molar-refractivity contribution >= 4 is 28.0 Å². The average molecular weight is 419 g/mol. The molecule has 5 aromatic rings. The van der Waals surface area contributed by atoms with Crippen molar-refractivity contribution in [2.75, 3.05) is 0 Å². The van der Waals surface area contributed by atoms with E-state index >= 15 is 0 Å². The van der Waals surface area contributed by atoms with E-state index < -0.39 is 11.2 Å². The minimum absolute atomic E-state index is 0.389. The minimum atomic E-state index is -0.600. The van der Waals surface area contributed by atoms with E-state index in [1.807, 2.05) is 53.2 Å². The maximum Gasteiger partial charge on any atom is 0.349 e. The van der Waals surface area contributed by atoms with Gasteiger partial charge in [-0.1, -0.05) is 48.5 Å². The van der Waals surface area contributed by atoms with Crippen molar-refractivity contribution in [1.29, 1.82) is 5.26 Å². The maximum absolute atomic E-state index is 12.7. The molecule has 0 aliphatic heterocycles. The lowest BCUT2D eigenvalue weighted by Gasteiger charge is -2.07. The highest BCUT2D eigenvalue weighted by molar-refractivity contribution is 5.99. The van der Waals surface area contributed by atoms with Crippen molar-refractivity contribution in [2.24, 2.45) is 5.10 Å². The van der Waals surface area contributed by atoms with Crippen LogP contribution in [0.15, 0.2) is 93.7 Å². The number of nitriles is 1. The molecular formula is C25H17N5O2. The summed E-state index contributed by atoms with van der Waals surface area (Å²) in [4.78, 5) is 27.8. The van der Waals surface area contributed by atoms with E-state index in [1.165, 1.54) is 6.21 Å². The molecule has 0 bridgehead atoms. The number of hydrogen-bond donors (Lipinski definition) is 1. The molecule has 3 aromatic carbocycles. The smallest absolute Gasteiger partial charge is 0.342 e. The number of aromatic amines is 1. The third-order valence-corrected chi connectivity index (χ3v) is 5.39. The molecule has 154 valence electrons. The van der Waals surface area contributed by atoms with Gasteiger partial charge in [0.15, 0.2) is 0 Å². The van der Waals surface area contributed by atoms with Crippen molar-refractivity contribution in [3.63, 3.8) is 0 Å². The standard InChI is InChI=1S/C25H17N5O2/c26-13-17-7-1-2-8-18(17)15-29-16-19(20-9-4-6-12-23(20)29)14-27-30-24(31)21-10-3-5-11-22(21)28-25(30)32/h1-12,14,16H,15H2,(H,28,32). The summed E-state index contributed by atoms with van der Waals surface area (Å²) < 4.78 is 2.86. The summed E-state index contributed by atoms with van der Waals surface area (Å²) in [6, 6.07) is 24.3. The van der Waals surface area contributed by atoms with Gasteiger partial charge in [-0.05, 0) is 29.8 Å². The van der Waals surface area contributed by atoms with Crippen LogP contribution in [0.3, 0.4) is 0 Å². The first-order chi connectivity index (χ1) is 15.7. The Morgan fingerprint density at radius 1 is 0.938 bits per heavy atom. The summed E-state index contributed by atoms with van der Waals surface area (Å²) in [6.45, 7) is 0.509. The molecule has 0 spiro atoms. The van der Waals surface area contributed by atoms with Gasteiger partial charge < -0.3 is 9.55 Å². The molecule has 1 N–H and O–H groups in total. The van der Waals surface area contributed by atoms with Crippen LogP contribution < -0.4 is 11.2 Å². The third kappa shape index (κ3) is 3.30. The lowest BCUT2D eigenvalue weighted by atomic mass is 10.1. The number of aromatic nitrogens is 3. The van der Waals surface area contributed by atoms with Gasteiger partial charge in [0, 0.05) is 29.2 Å². The zero-order valence-corrected chi connectivity index (χ0v) is 16.9. The Labute approximate surface area is 182 Å². The van der Waals surface area contributed by atoms with Crippen molar-refractivity contribution < 1.29 is 0 Å². The fourth-order valence-electron chi connectivity index (χ4n) is 3.84. The fourth-order valence-corrected chi connectivity index (χ4v) is 3.84. The molecule has 0 aliphatic carbocycles. The molecule has 5 rings (SSSR count). The molecule has 0 aliphatic rings. The van der Waals surface area contributed by atoms with Gasteiger partial charge in [0.2, 0.25) is 0 Å². The van der Waals surface area contributed by atoms with Crippen LogP contribution in [0.1, 0.15) is 16.7 Å². The van der Waals surface area contributed by atoms with Gasteiger partial charge in [-0.3, -0.25) is 4.79 Å². The summed E-state index contributed by atoms with van der Waals surface area (Å²) in [6.07, 6.45) is 3.42. The normalized spacial score (nSPS) is 11.3. The molecule has 7 nitrogen and oxygen atoms in total. The molecule has 0 fully saturated rings. The second-order valence-electron chi connectivity index (χ2n) is 7.34. The number of benzene rings is 3. The lowest BCUT2D eigenvalue weighted by molar-refractivity contribution is 0.771. The molecule has 0 unspecified atom stereocenters. The molecule has 0 radical (unpaired) electrons. The highest BCUT2D eigenvalue weighted by Crippen LogP contribution is 2.22. The number of nitrogens with one attached hydrogen (secondary N) is 1. The van der Waals surface area contributed by atoms with E-state index in [1.54, 1.807) is 30.3 Å². The van der Waals surface area contributed by atoms with Gasteiger partial charge in [0.25, 0.3) is 5.56 Å². The number of fused-ring (bicyclic) bond motifs is 2. The number of rotatable bonds is 4. The first kappa shape index (κ1) is 19.3. The molecule has 0 amide bonds. The van der Waals surface area contributed by atoms with Crippen molar-refractivity contribution in [1.82, 2.24) is 14.2 Å². The van der Waals surface area contributed by atoms with E-state index in [-0.39, 0.29) is 0 Å². The Kier molecular flexibility index (Phi) is 4.73. The predicted molar refractivity (Wildman–Crippen MR) is 124 cm³/mol. The number of nitrogens with zero attached hydrogens (tertiary/aromatic N) is 4. The van der Waals surface area contributed by atoms with E-state index in [0.717, 1.165) is 26.7 Å². The number of H-pyrrole nitrogens is 1. The summed E-state index contributed by atoms with van der Waals surface area (Å²) >= 11 is 0. The van der Waals surface area contributed by atoms with Gasteiger partial charge in [0.05, 0.1) is 28.8 Å². The van der Waals surface area contributed by atoms with Crippen molar-refractivity contribution in [2.45, 2.75) is 6.54 Å². The predicted octanol–water partition coefficient (Wildman–Crippen LogP) is 3.45. The number of para-hydroxylation sites is 2. The monoisotopic (exact) mass is 419 g/mol. The zero-order chi connectivity index (χ0) is 22.1. The second kappa shape index (κ2) is 7.85. The van der Waals surface area contributed by atoms with Crippen LogP contribution in [-0.2, 0) is 6.54 Å². The first-order valence-corrected chi connectivity index (χ1v) is 10.00. The highest BCUT2D eigenvalue weighted by Gasteiger charge is 2.10. The van der Waals surface area contributed by atoms with Crippen LogP contribution in [0, 0.1) is 11.3 Å². The van der Waals surface area contributed by atoms with Gasteiger partial charge >= 0.3 is 5.69 Å². The summed E-state index contributed by atoms with van der Waals surface area (Å²) in [7, 11) is 0.